The number of benzene rings is 1. The van der Waals surface area contributed by atoms with Gasteiger partial charge < -0.3 is 4.74 Å². The van der Waals surface area contributed by atoms with Crippen LogP contribution in [0.3, 0.4) is 0 Å². The minimum absolute atomic E-state index is 0.0534. The Bertz CT molecular complexity index is 863. The second-order valence-corrected chi connectivity index (χ2v) is 5.50. The minimum Gasteiger partial charge on any atom is -0.357 e. The molecule has 1 fully saturated rings. The summed E-state index contributed by atoms with van der Waals surface area (Å²) in [5.74, 6) is 0.262. The minimum atomic E-state index is -0.420. The molecule has 4 rings (SSSR count). The molecule has 0 spiro atoms. The normalized spacial score (nSPS) is 18.3. The molecule has 23 heavy (non-hydrogen) atoms. The Balaban J connectivity index is 1.83. The van der Waals surface area contributed by atoms with E-state index in [1.54, 1.807) is 15.6 Å². The Hall–Kier alpha value is -2.74. The quantitative estimate of drug-likeness (QED) is 0.548. The Morgan fingerprint density at radius 2 is 2.17 bits per heavy atom. The number of aromatic nitrogens is 4. The Morgan fingerprint density at radius 3 is 2.96 bits per heavy atom. The summed E-state index contributed by atoms with van der Waals surface area (Å²) in [6.45, 7) is 0.654. The van der Waals surface area contributed by atoms with Crippen molar-refractivity contribution >= 4 is 16.7 Å². The number of nitrogens with zero attached hydrogens (tertiary/aromatic N) is 5. The van der Waals surface area contributed by atoms with E-state index < -0.39 is 4.92 Å². The van der Waals surface area contributed by atoms with Crippen LogP contribution in [0, 0.1) is 10.1 Å². The van der Waals surface area contributed by atoms with Gasteiger partial charge in [0.15, 0.2) is 6.23 Å². The van der Waals surface area contributed by atoms with Gasteiger partial charge >= 0.3 is 5.69 Å². The van der Waals surface area contributed by atoms with Crippen molar-refractivity contribution in [2.24, 2.45) is 0 Å². The van der Waals surface area contributed by atoms with Gasteiger partial charge in [0, 0.05) is 6.61 Å². The lowest BCUT2D eigenvalue weighted by molar-refractivity contribution is -0.384. The van der Waals surface area contributed by atoms with E-state index in [9.17, 15) is 10.1 Å². The second-order valence-electron chi connectivity index (χ2n) is 5.50. The lowest BCUT2D eigenvalue weighted by atomic mass is 10.2. The van der Waals surface area contributed by atoms with Crippen LogP contribution in [0.15, 0.2) is 36.8 Å². The molecule has 1 atom stereocenters. The van der Waals surface area contributed by atoms with Crippen molar-refractivity contribution in [2.75, 3.05) is 6.61 Å². The number of para-hydroxylation sites is 2. The molecule has 8 nitrogen and oxygen atoms in total. The van der Waals surface area contributed by atoms with Crippen molar-refractivity contribution < 1.29 is 9.66 Å². The first-order valence-corrected chi connectivity index (χ1v) is 7.51. The van der Waals surface area contributed by atoms with Gasteiger partial charge in [-0.2, -0.15) is 0 Å². The number of nitro groups is 1. The van der Waals surface area contributed by atoms with Gasteiger partial charge in [-0.3, -0.25) is 14.7 Å². The van der Waals surface area contributed by atoms with Crippen LogP contribution in [0.25, 0.3) is 16.9 Å². The van der Waals surface area contributed by atoms with E-state index in [0.717, 1.165) is 30.3 Å². The smallest absolute Gasteiger partial charge is 0.331 e. The van der Waals surface area contributed by atoms with Gasteiger partial charge in [-0.25, -0.2) is 9.67 Å². The zero-order valence-electron chi connectivity index (χ0n) is 12.3. The summed E-state index contributed by atoms with van der Waals surface area (Å²) in [6, 6.07) is 7.47. The molecule has 3 heterocycles. The van der Waals surface area contributed by atoms with E-state index in [4.69, 9.17) is 4.74 Å². The van der Waals surface area contributed by atoms with E-state index in [1.165, 1.54) is 6.20 Å². The molecule has 0 saturated carbocycles. The van der Waals surface area contributed by atoms with Crippen molar-refractivity contribution in [3.63, 3.8) is 0 Å². The van der Waals surface area contributed by atoms with E-state index in [1.807, 2.05) is 24.3 Å². The summed E-state index contributed by atoms with van der Waals surface area (Å²) >= 11 is 0. The van der Waals surface area contributed by atoms with Crippen LogP contribution < -0.4 is 0 Å². The maximum atomic E-state index is 11.4. The third kappa shape index (κ3) is 2.36. The molecule has 118 valence electrons. The monoisotopic (exact) mass is 313 g/mol. The van der Waals surface area contributed by atoms with Gasteiger partial charge in [-0.1, -0.05) is 12.1 Å². The predicted octanol–water partition coefficient (Wildman–Crippen LogP) is 2.83. The molecule has 1 aromatic carbocycles. The maximum Gasteiger partial charge on any atom is 0.331 e. The summed E-state index contributed by atoms with van der Waals surface area (Å²) in [5.41, 5.74) is 1.50. The largest absolute Gasteiger partial charge is 0.357 e. The molecular formula is C15H15N5O3. The molecule has 2 aromatic heterocycles. The second kappa shape index (κ2) is 5.47. The van der Waals surface area contributed by atoms with E-state index in [-0.39, 0.29) is 17.7 Å². The van der Waals surface area contributed by atoms with Crippen molar-refractivity contribution in [3.05, 3.63) is 46.9 Å². The average Bonchev–Trinajstić information content (AvgIpc) is 3.19. The molecule has 0 radical (unpaired) electrons. The zero-order chi connectivity index (χ0) is 15.8. The van der Waals surface area contributed by atoms with Gasteiger partial charge in [-0.05, 0) is 31.4 Å². The SMILES string of the molecule is O=[N+]([O-])c1cn(C2CCCCO2)nc1-n1cnc2ccccc21. The number of imidazole rings is 1. The molecule has 0 bridgehead atoms. The van der Waals surface area contributed by atoms with Gasteiger partial charge in [0.1, 0.15) is 12.5 Å². The molecule has 8 heteroatoms. The lowest BCUT2D eigenvalue weighted by Crippen LogP contribution is -2.18. The van der Waals surface area contributed by atoms with Crippen LogP contribution in [0.4, 0.5) is 5.69 Å². The van der Waals surface area contributed by atoms with Crippen LogP contribution >= 0.6 is 0 Å². The van der Waals surface area contributed by atoms with Crippen LogP contribution in [-0.4, -0.2) is 30.9 Å². The summed E-state index contributed by atoms with van der Waals surface area (Å²) < 4.78 is 8.87. The Morgan fingerprint density at radius 1 is 1.30 bits per heavy atom. The third-order valence-corrected chi connectivity index (χ3v) is 4.02. The topological polar surface area (TPSA) is 88.0 Å². The van der Waals surface area contributed by atoms with Gasteiger partial charge in [-0.15, -0.1) is 5.10 Å². The molecule has 0 aliphatic carbocycles. The van der Waals surface area contributed by atoms with Crippen LogP contribution in [0.5, 0.6) is 0 Å². The highest BCUT2D eigenvalue weighted by Crippen LogP contribution is 2.29. The molecule has 0 N–H and O–H groups in total. The highest BCUT2D eigenvalue weighted by Gasteiger charge is 2.26. The summed E-state index contributed by atoms with van der Waals surface area (Å²) in [5, 5.41) is 15.8. The maximum absolute atomic E-state index is 11.4. The molecule has 3 aromatic rings. The van der Waals surface area contributed by atoms with Crippen molar-refractivity contribution in [3.8, 4) is 5.82 Å². The standard InChI is InChI=1S/C15H15N5O3/c21-20(22)13-9-19(14-7-3-4-8-23-14)17-15(13)18-10-16-11-5-1-2-6-12(11)18/h1-2,5-6,9-10,14H,3-4,7-8H2. The van der Waals surface area contributed by atoms with Crippen LogP contribution in [-0.2, 0) is 4.74 Å². The first-order chi connectivity index (χ1) is 11.2. The number of ether oxygens (including phenoxy) is 1. The fourth-order valence-corrected chi connectivity index (χ4v) is 2.88. The van der Waals surface area contributed by atoms with Crippen molar-refractivity contribution in [1.29, 1.82) is 0 Å². The summed E-state index contributed by atoms with van der Waals surface area (Å²) in [6.07, 6.45) is 5.61. The van der Waals surface area contributed by atoms with E-state index in [2.05, 4.69) is 10.1 Å². The van der Waals surface area contributed by atoms with Gasteiger partial charge in [0.2, 0.25) is 5.82 Å². The molecule has 1 unspecified atom stereocenters. The molecule has 1 aliphatic rings. The van der Waals surface area contributed by atoms with E-state index >= 15 is 0 Å². The van der Waals surface area contributed by atoms with Crippen molar-refractivity contribution in [1.82, 2.24) is 19.3 Å². The zero-order valence-corrected chi connectivity index (χ0v) is 12.3. The lowest BCUT2D eigenvalue weighted by Gasteiger charge is -2.22. The Labute approximate surface area is 131 Å². The van der Waals surface area contributed by atoms with Gasteiger partial charge in [0.25, 0.3) is 0 Å². The first kappa shape index (κ1) is 13.9. The average molecular weight is 313 g/mol. The first-order valence-electron chi connectivity index (χ1n) is 7.51. The number of hydrogen-bond acceptors (Lipinski definition) is 5. The number of fused-ring (bicyclic) bond motifs is 1. The highest BCUT2D eigenvalue weighted by atomic mass is 16.6. The van der Waals surface area contributed by atoms with Crippen molar-refractivity contribution in [2.45, 2.75) is 25.5 Å². The molecular weight excluding hydrogens is 298 g/mol. The summed E-state index contributed by atoms with van der Waals surface area (Å²) in [7, 11) is 0. The number of hydrogen-bond donors (Lipinski definition) is 0. The Kier molecular flexibility index (Phi) is 3.30. The molecule has 0 amide bonds. The fourth-order valence-electron chi connectivity index (χ4n) is 2.88. The predicted molar refractivity (Wildman–Crippen MR) is 82.3 cm³/mol. The van der Waals surface area contributed by atoms with Crippen LogP contribution in [0.1, 0.15) is 25.5 Å². The third-order valence-electron chi connectivity index (χ3n) is 4.02. The number of rotatable bonds is 3. The van der Waals surface area contributed by atoms with E-state index in [0.29, 0.717) is 6.61 Å². The van der Waals surface area contributed by atoms with Crippen LogP contribution in [0.2, 0.25) is 0 Å². The molecule has 1 saturated heterocycles. The fraction of sp³-hybridized carbons (Fsp3) is 0.333. The summed E-state index contributed by atoms with van der Waals surface area (Å²) in [4.78, 5) is 15.3. The van der Waals surface area contributed by atoms with Gasteiger partial charge in [0.05, 0.1) is 16.0 Å². The highest BCUT2D eigenvalue weighted by molar-refractivity contribution is 5.77. The molecule has 1 aliphatic heterocycles.